The number of rotatable bonds is 4. The average Bonchev–Trinajstić information content (AvgIpc) is 2.85. The monoisotopic (exact) mass is 462 g/mol. The molecule has 2 atom stereocenters. The van der Waals surface area contributed by atoms with Crippen molar-refractivity contribution in [3.05, 3.63) is 65.5 Å². The lowest BCUT2D eigenvalue weighted by atomic mass is 9.90. The lowest BCUT2D eigenvalue weighted by Crippen LogP contribution is -2.41. The van der Waals surface area contributed by atoms with E-state index in [2.05, 4.69) is 28.2 Å². The summed E-state index contributed by atoms with van der Waals surface area (Å²) in [6.45, 7) is 11.5. The van der Waals surface area contributed by atoms with Gasteiger partial charge in [-0.15, -0.1) is 0 Å². The van der Waals surface area contributed by atoms with E-state index in [1.807, 2.05) is 45.0 Å². The van der Waals surface area contributed by atoms with Gasteiger partial charge in [-0.25, -0.2) is 4.99 Å². The summed E-state index contributed by atoms with van der Waals surface area (Å²) in [5.74, 6) is 1.03. The number of amides is 1. The number of morpholine rings is 1. The Morgan fingerprint density at radius 2 is 1.94 bits per heavy atom. The van der Waals surface area contributed by atoms with E-state index in [9.17, 15) is 9.59 Å². The van der Waals surface area contributed by atoms with Crippen molar-refractivity contribution in [3.63, 3.8) is 0 Å². The summed E-state index contributed by atoms with van der Waals surface area (Å²) in [5.41, 5.74) is 4.61. The number of hydrogen-bond acceptors (Lipinski definition) is 5. The molecule has 1 aromatic heterocycles. The number of nitrogens with one attached hydrogen (secondary N) is 1. The molecule has 1 aromatic carbocycles. The first-order valence-electron chi connectivity index (χ1n) is 11.9. The number of ether oxygens (including phenoxy) is 1. The van der Waals surface area contributed by atoms with Gasteiger partial charge in [0.1, 0.15) is 11.9 Å². The van der Waals surface area contributed by atoms with E-state index in [1.165, 1.54) is 6.92 Å². The molecular formula is C27H34N4O3. The first-order chi connectivity index (χ1) is 16.4. The third-order valence-corrected chi connectivity index (χ3v) is 5.87. The molecule has 0 radical (unpaired) electrons. The van der Waals surface area contributed by atoms with E-state index in [4.69, 9.17) is 9.73 Å². The molecule has 1 amide bonds. The lowest BCUT2D eigenvalue weighted by Gasteiger charge is -2.35. The van der Waals surface area contributed by atoms with E-state index in [-0.39, 0.29) is 23.7 Å². The quantitative estimate of drug-likeness (QED) is 0.394. The Morgan fingerprint density at radius 1 is 1.21 bits per heavy atom. The van der Waals surface area contributed by atoms with Crippen LogP contribution in [0.15, 0.2) is 53.8 Å². The molecular weight excluding hydrogens is 428 g/mol. The van der Waals surface area contributed by atoms with Gasteiger partial charge in [0.05, 0.1) is 12.3 Å². The fraction of sp³-hybridized carbons (Fsp3) is 0.407. The first-order valence-corrected chi connectivity index (χ1v) is 11.9. The molecule has 0 saturated carbocycles. The minimum absolute atomic E-state index is 0.0523. The zero-order chi connectivity index (χ0) is 24.7. The van der Waals surface area contributed by atoms with Gasteiger partial charge in [-0.2, -0.15) is 0 Å². The molecule has 2 unspecified atom stereocenters. The summed E-state index contributed by atoms with van der Waals surface area (Å²) in [5, 5.41) is 2.95. The number of hydrogen-bond donors (Lipinski definition) is 1. The molecule has 34 heavy (non-hydrogen) atoms. The second-order valence-electron chi connectivity index (χ2n) is 8.34. The van der Waals surface area contributed by atoms with Gasteiger partial charge in [-0.1, -0.05) is 32.9 Å². The SMILES string of the molecule is CC.CC(=O)/C=C(\N=C(C)N1CCOC(c2ccc3c(c2)C(C)CC(=O)N3)C1)c1ccncc1. The maximum Gasteiger partial charge on any atom is 0.224 e. The molecule has 2 aliphatic heterocycles. The Morgan fingerprint density at radius 3 is 2.65 bits per heavy atom. The van der Waals surface area contributed by atoms with Gasteiger partial charge in [0.25, 0.3) is 0 Å². The Hall–Kier alpha value is -3.32. The lowest BCUT2D eigenvalue weighted by molar-refractivity contribution is -0.116. The normalized spacial score (nSPS) is 20.6. The smallest absolute Gasteiger partial charge is 0.224 e. The number of pyridine rings is 1. The van der Waals surface area contributed by atoms with E-state index in [0.717, 1.165) is 34.8 Å². The van der Waals surface area contributed by atoms with Gasteiger partial charge in [-0.05, 0) is 49.1 Å². The fourth-order valence-electron chi connectivity index (χ4n) is 4.18. The van der Waals surface area contributed by atoms with Crippen LogP contribution in [0.25, 0.3) is 5.70 Å². The summed E-state index contributed by atoms with van der Waals surface area (Å²) in [4.78, 5) is 34.6. The number of benzene rings is 1. The predicted molar refractivity (Wildman–Crippen MR) is 136 cm³/mol. The number of fused-ring (bicyclic) bond motifs is 1. The largest absolute Gasteiger partial charge is 0.370 e. The summed E-state index contributed by atoms with van der Waals surface area (Å²) < 4.78 is 6.08. The van der Waals surface area contributed by atoms with Crippen LogP contribution < -0.4 is 5.32 Å². The topological polar surface area (TPSA) is 83.9 Å². The van der Waals surface area contributed by atoms with Gasteiger partial charge < -0.3 is 15.0 Å². The fourth-order valence-corrected chi connectivity index (χ4v) is 4.18. The standard InChI is InChI=1S/C25H28N4O3.C2H6/c1-16-12-25(31)28-22-5-4-20(14-21(16)22)24-15-29(10-11-32-24)18(3)27-23(13-17(2)30)19-6-8-26-9-7-19;1-2/h4-9,13-14,16,24H,10-12,15H2,1-3H3,(H,28,31);1-2H3/b23-13-,27-18?;. The first kappa shape index (κ1) is 25.3. The highest BCUT2D eigenvalue weighted by Gasteiger charge is 2.26. The second-order valence-corrected chi connectivity index (χ2v) is 8.34. The predicted octanol–water partition coefficient (Wildman–Crippen LogP) is 4.98. The second kappa shape index (κ2) is 11.7. The van der Waals surface area contributed by atoms with Crippen LogP contribution in [0.1, 0.15) is 69.8 Å². The Labute approximate surface area is 201 Å². The van der Waals surface area contributed by atoms with Crippen molar-refractivity contribution in [2.45, 2.75) is 53.1 Å². The van der Waals surface area contributed by atoms with Gasteiger partial charge in [-0.3, -0.25) is 14.6 Å². The Kier molecular flexibility index (Phi) is 8.71. The average molecular weight is 463 g/mol. The van der Waals surface area contributed by atoms with Crippen molar-refractivity contribution in [1.29, 1.82) is 0 Å². The van der Waals surface area contributed by atoms with Gasteiger partial charge in [0, 0.05) is 49.2 Å². The highest BCUT2D eigenvalue weighted by Crippen LogP contribution is 2.35. The van der Waals surface area contributed by atoms with Gasteiger partial charge in [0.2, 0.25) is 5.91 Å². The summed E-state index contributed by atoms with van der Waals surface area (Å²) >= 11 is 0. The molecule has 7 nitrogen and oxygen atoms in total. The molecule has 2 aliphatic rings. The number of allylic oxidation sites excluding steroid dienone is 1. The van der Waals surface area contributed by atoms with Crippen molar-refractivity contribution in [1.82, 2.24) is 9.88 Å². The van der Waals surface area contributed by atoms with Crippen molar-refractivity contribution in [2.75, 3.05) is 25.0 Å². The number of aliphatic imine (C=N–C) groups is 1. The van der Waals surface area contributed by atoms with E-state index < -0.39 is 0 Å². The summed E-state index contributed by atoms with van der Waals surface area (Å²) in [6, 6.07) is 9.84. The van der Waals surface area contributed by atoms with Crippen molar-refractivity contribution in [2.24, 2.45) is 4.99 Å². The summed E-state index contributed by atoms with van der Waals surface area (Å²) in [6.07, 6.45) is 5.35. The molecule has 0 spiro atoms. The van der Waals surface area contributed by atoms with Crippen LogP contribution in [0.5, 0.6) is 0 Å². The number of carbonyl (C=O) groups is 2. The summed E-state index contributed by atoms with van der Waals surface area (Å²) in [7, 11) is 0. The third-order valence-electron chi connectivity index (χ3n) is 5.87. The molecule has 7 heteroatoms. The van der Waals surface area contributed by atoms with Crippen LogP contribution in [0, 0.1) is 0 Å². The van der Waals surface area contributed by atoms with Crippen molar-refractivity contribution >= 4 is 28.9 Å². The number of anilines is 1. The highest BCUT2D eigenvalue weighted by atomic mass is 16.5. The number of ketones is 1. The molecule has 1 fully saturated rings. The molecule has 180 valence electrons. The van der Waals surface area contributed by atoms with Crippen LogP contribution in [0.2, 0.25) is 0 Å². The van der Waals surface area contributed by atoms with Crippen LogP contribution in [-0.4, -0.2) is 47.1 Å². The van der Waals surface area contributed by atoms with E-state index in [1.54, 1.807) is 18.5 Å². The molecule has 4 rings (SSSR count). The molecule has 0 bridgehead atoms. The van der Waals surface area contributed by atoms with Crippen LogP contribution in [0.3, 0.4) is 0 Å². The minimum Gasteiger partial charge on any atom is -0.370 e. The molecule has 2 aromatic rings. The maximum atomic E-state index is 11.8. The number of carbonyl (C=O) groups excluding carboxylic acids is 2. The maximum absolute atomic E-state index is 11.8. The minimum atomic E-state index is -0.0924. The zero-order valence-corrected chi connectivity index (χ0v) is 20.7. The Balaban J connectivity index is 0.00000158. The number of nitrogens with zero attached hydrogens (tertiary/aromatic N) is 3. The van der Waals surface area contributed by atoms with Crippen LogP contribution in [0.4, 0.5) is 5.69 Å². The highest BCUT2D eigenvalue weighted by molar-refractivity contribution is 5.97. The third kappa shape index (κ3) is 6.17. The molecule has 1 N–H and O–H groups in total. The van der Waals surface area contributed by atoms with Crippen LogP contribution in [-0.2, 0) is 14.3 Å². The molecule has 1 saturated heterocycles. The Bertz CT molecular complexity index is 1080. The number of amidine groups is 1. The zero-order valence-electron chi connectivity index (χ0n) is 20.7. The van der Waals surface area contributed by atoms with Gasteiger partial charge in [0.15, 0.2) is 5.78 Å². The van der Waals surface area contributed by atoms with Gasteiger partial charge >= 0.3 is 0 Å². The number of aromatic nitrogens is 1. The van der Waals surface area contributed by atoms with E-state index in [0.29, 0.717) is 25.3 Å². The molecule has 3 heterocycles. The van der Waals surface area contributed by atoms with E-state index >= 15 is 0 Å². The molecule has 0 aliphatic carbocycles. The van der Waals surface area contributed by atoms with Crippen molar-refractivity contribution in [3.8, 4) is 0 Å². The van der Waals surface area contributed by atoms with Crippen molar-refractivity contribution < 1.29 is 14.3 Å². The van der Waals surface area contributed by atoms with Crippen LogP contribution >= 0.6 is 0 Å².